The van der Waals surface area contributed by atoms with Crippen molar-refractivity contribution in [1.29, 1.82) is 0 Å². The molecule has 0 spiro atoms. The average Bonchev–Trinajstić information content (AvgIpc) is 4.18. The minimum Gasteiger partial charge on any atom is -0.456 e. The Hall–Kier alpha value is -9.59. The van der Waals surface area contributed by atoms with Crippen LogP contribution in [-0.4, -0.2) is 24.1 Å². The molecule has 5 aromatic heterocycles. The molecule has 15 rings (SSSR count). The van der Waals surface area contributed by atoms with Gasteiger partial charge in [0.1, 0.15) is 22.3 Å². The van der Waals surface area contributed by atoms with E-state index < -0.39 is 0 Å². The lowest BCUT2D eigenvalue weighted by atomic mass is 9.96. The minimum atomic E-state index is 0.533. The standard InChI is InChI=1S/C63H37N5O2/c1-4-15-38(16-5-1)61-64-62(39-17-6-2-7-18-39)66-63(65-61)68-54-31-28-42(35-48(54)49-37-59-50(36-55(49)68)46-22-11-13-25-56(46)70-59)44-23-14-26-58-60(44)51-34-41(29-32-57(51)69-58)40-27-30-53-47(33-40)45-21-10-12-24-52(45)67(53)43-19-8-3-9-20-43/h1-37H. The van der Waals surface area contributed by atoms with E-state index in [0.29, 0.717) is 17.6 Å². The number of nitrogens with zero attached hydrogens (tertiary/aromatic N) is 5. The van der Waals surface area contributed by atoms with Crippen molar-refractivity contribution in [3.8, 4) is 56.7 Å². The van der Waals surface area contributed by atoms with Gasteiger partial charge in [-0.25, -0.2) is 4.98 Å². The summed E-state index contributed by atoms with van der Waals surface area (Å²) in [5.74, 6) is 1.73. The summed E-state index contributed by atoms with van der Waals surface area (Å²) in [4.78, 5) is 15.5. The summed E-state index contributed by atoms with van der Waals surface area (Å²) in [5, 5.41) is 8.73. The van der Waals surface area contributed by atoms with Crippen LogP contribution in [0.4, 0.5) is 0 Å². The normalized spacial score (nSPS) is 12.0. The molecule has 7 heteroatoms. The molecule has 10 aromatic carbocycles. The summed E-state index contributed by atoms with van der Waals surface area (Å²) in [7, 11) is 0. The van der Waals surface area contributed by atoms with E-state index in [0.717, 1.165) is 105 Å². The first kappa shape index (κ1) is 38.5. The molecule has 0 fully saturated rings. The molecule has 0 radical (unpaired) electrons. The lowest BCUT2D eigenvalue weighted by molar-refractivity contribution is 0.669. The van der Waals surface area contributed by atoms with Crippen molar-refractivity contribution in [2.45, 2.75) is 0 Å². The summed E-state index contributed by atoms with van der Waals surface area (Å²) in [5.41, 5.74) is 15.0. The number of furan rings is 2. The van der Waals surface area contributed by atoms with Gasteiger partial charge in [0.25, 0.3) is 0 Å². The van der Waals surface area contributed by atoms with E-state index in [1.165, 1.54) is 21.8 Å². The van der Waals surface area contributed by atoms with Crippen LogP contribution in [-0.2, 0) is 0 Å². The van der Waals surface area contributed by atoms with Gasteiger partial charge in [-0.1, -0.05) is 146 Å². The first-order chi connectivity index (χ1) is 34.7. The van der Waals surface area contributed by atoms with E-state index in [9.17, 15) is 0 Å². The van der Waals surface area contributed by atoms with Crippen LogP contribution in [0.15, 0.2) is 233 Å². The van der Waals surface area contributed by atoms with Gasteiger partial charge in [0.2, 0.25) is 5.95 Å². The fourth-order valence-electron chi connectivity index (χ4n) is 10.8. The number of rotatable bonds is 6. The summed E-state index contributed by atoms with van der Waals surface area (Å²) in [6.07, 6.45) is 0. The van der Waals surface area contributed by atoms with Gasteiger partial charge in [-0.2, -0.15) is 9.97 Å². The van der Waals surface area contributed by atoms with Gasteiger partial charge in [-0.15, -0.1) is 0 Å². The molecular formula is C63H37N5O2. The van der Waals surface area contributed by atoms with Crippen LogP contribution in [0.5, 0.6) is 0 Å². The third-order valence-electron chi connectivity index (χ3n) is 14.0. The van der Waals surface area contributed by atoms with Gasteiger partial charge in [-0.3, -0.25) is 4.57 Å². The molecule has 0 saturated carbocycles. The topological polar surface area (TPSA) is 74.8 Å². The zero-order chi connectivity index (χ0) is 45.9. The Morgan fingerprint density at radius 3 is 1.60 bits per heavy atom. The maximum atomic E-state index is 6.64. The van der Waals surface area contributed by atoms with Crippen molar-refractivity contribution in [3.63, 3.8) is 0 Å². The zero-order valence-electron chi connectivity index (χ0n) is 37.4. The van der Waals surface area contributed by atoms with Crippen molar-refractivity contribution in [1.82, 2.24) is 24.1 Å². The van der Waals surface area contributed by atoms with Crippen LogP contribution in [0.1, 0.15) is 0 Å². The summed E-state index contributed by atoms with van der Waals surface area (Å²) in [6.45, 7) is 0. The highest BCUT2D eigenvalue weighted by Gasteiger charge is 2.22. The van der Waals surface area contributed by atoms with E-state index in [1.807, 2.05) is 72.8 Å². The lowest BCUT2D eigenvalue weighted by Gasteiger charge is -2.11. The van der Waals surface area contributed by atoms with Crippen molar-refractivity contribution >= 4 is 87.5 Å². The van der Waals surface area contributed by atoms with Crippen molar-refractivity contribution in [3.05, 3.63) is 224 Å². The highest BCUT2D eigenvalue weighted by atomic mass is 16.3. The Kier molecular flexibility index (Phi) is 8.23. The number of aromatic nitrogens is 5. The summed E-state index contributed by atoms with van der Waals surface area (Å²) in [6, 6.07) is 78.6. The van der Waals surface area contributed by atoms with Crippen LogP contribution < -0.4 is 0 Å². The van der Waals surface area contributed by atoms with Crippen LogP contribution >= 0.6 is 0 Å². The van der Waals surface area contributed by atoms with E-state index in [1.54, 1.807) is 0 Å². The second kappa shape index (κ2) is 15.0. The number of fused-ring (bicyclic) bond motifs is 12. The van der Waals surface area contributed by atoms with Crippen molar-refractivity contribution in [2.75, 3.05) is 0 Å². The molecule has 326 valence electrons. The van der Waals surface area contributed by atoms with E-state index in [2.05, 4.69) is 161 Å². The van der Waals surface area contributed by atoms with Gasteiger partial charge in [0.05, 0.1) is 22.1 Å². The molecule has 0 aliphatic heterocycles. The maximum Gasteiger partial charge on any atom is 0.238 e. The molecule has 5 heterocycles. The zero-order valence-corrected chi connectivity index (χ0v) is 37.4. The van der Waals surface area contributed by atoms with Crippen molar-refractivity contribution in [2.24, 2.45) is 0 Å². The van der Waals surface area contributed by atoms with Gasteiger partial charge in [0, 0.05) is 59.9 Å². The van der Waals surface area contributed by atoms with Crippen molar-refractivity contribution < 1.29 is 8.83 Å². The van der Waals surface area contributed by atoms with Crippen LogP contribution in [0, 0.1) is 0 Å². The molecule has 0 atom stereocenters. The molecular weight excluding hydrogens is 859 g/mol. The second-order valence-corrected chi connectivity index (χ2v) is 18.0. The second-order valence-electron chi connectivity index (χ2n) is 18.0. The molecule has 0 bridgehead atoms. The van der Waals surface area contributed by atoms with E-state index in [4.69, 9.17) is 23.8 Å². The molecule has 0 amide bonds. The summed E-state index contributed by atoms with van der Waals surface area (Å²) >= 11 is 0. The fraction of sp³-hybridized carbons (Fsp3) is 0. The van der Waals surface area contributed by atoms with Crippen LogP contribution in [0.2, 0.25) is 0 Å². The lowest BCUT2D eigenvalue weighted by Crippen LogP contribution is -2.06. The number of para-hydroxylation sites is 3. The minimum absolute atomic E-state index is 0.533. The summed E-state index contributed by atoms with van der Waals surface area (Å²) < 4.78 is 17.7. The number of hydrogen-bond donors (Lipinski definition) is 0. The molecule has 15 aromatic rings. The van der Waals surface area contributed by atoms with Crippen LogP contribution in [0.3, 0.4) is 0 Å². The average molecular weight is 896 g/mol. The third kappa shape index (κ3) is 5.85. The molecule has 7 nitrogen and oxygen atoms in total. The van der Waals surface area contributed by atoms with Gasteiger partial charge >= 0.3 is 0 Å². The first-order valence-corrected chi connectivity index (χ1v) is 23.5. The Morgan fingerprint density at radius 2 is 0.829 bits per heavy atom. The first-order valence-electron chi connectivity index (χ1n) is 23.5. The largest absolute Gasteiger partial charge is 0.456 e. The number of benzene rings is 10. The molecule has 0 saturated heterocycles. The van der Waals surface area contributed by atoms with Gasteiger partial charge in [0.15, 0.2) is 11.6 Å². The Balaban J connectivity index is 0.935. The van der Waals surface area contributed by atoms with Crippen LogP contribution in [0.25, 0.3) is 144 Å². The molecule has 0 aliphatic carbocycles. The monoisotopic (exact) mass is 895 g/mol. The third-order valence-corrected chi connectivity index (χ3v) is 14.0. The smallest absolute Gasteiger partial charge is 0.238 e. The predicted molar refractivity (Wildman–Crippen MR) is 285 cm³/mol. The quantitative estimate of drug-likeness (QED) is 0.166. The van der Waals surface area contributed by atoms with Gasteiger partial charge in [-0.05, 0) is 101 Å². The fourth-order valence-corrected chi connectivity index (χ4v) is 10.8. The predicted octanol–water partition coefficient (Wildman–Crippen LogP) is 16.5. The molecule has 0 aliphatic rings. The molecule has 0 N–H and O–H groups in total. The SMILES string of the molecule is c1ccc(-c2nc(-c3ccccc3)nc(-n3c4ccc(-c5cccc6oc7ccc(-c8ccc9c(c8)c8ccccc8n9-c8ccccc8)cc7c56)cc4c4cc5oc6ccccc6c5cc43)n2)cc1. The van der Waals surface area contributed by atoms with E-state index >= 15 is 0 Å². The molecule has 0 unspecified atom stereocenters. The Morgan fingerprint density at radius 1 is 0.286 bits per heavy atom. The Bertz CT molecular complexity index is 4530. The maximum absolute atomic E-state index is 6.64. The Labute approximate surface area is 399 Å². The molecule has 70 heavy (non-hydrogen) atoms. The highest BCUT2D eigenvalue weighted by Crippen LogP contribution is 2.44. The number of hydrogen-bond acceptors (Lipinski definition) is 5. The van der Waals surface area contributed by atoms with E-state index in [-0.39, 0.29) is 0 Å². The highest BCUT2D eigenvalue weighted by molar-refractivity contribution is 6.19. The van der Waals surface area contributed by atoms with Gasteiger partial charge < -0.3 is 13.4 Å².